The molecule has 1 aliphatic heterocycles. The molecule has 1 amide bonds. The van der Waals surface area contributed by atoms with Crippen molar-refractivity contribution in [2.24, 2.45) is 0 Å². The summed E-state index contributed by atoms with van der Waals surface area (Å²) in [6, 6.07) is 26.7. The Balaban J connectivity index is 0.000000290. The molecule has 1 atom stereocenters. The van der Waals surface area contributed by atoms with Crippen LogP contribution >= 0.6 is 0 Å². The number of hydrogen-bond acceptors (Lipinski definition) is 2. The average molecular weight is 388 g/mol. The summed E-state index contributed by atoms with van der Waals surface area (Å²) in [5.41, 5.74) is 4.97. The number of methoxy groups -OCH3 is 1. The van der Waals surface area contributed by atoms with Gasteiger partial charge in [0.05, 0.1) is 13.2 Å². The topological polar surface area (TPSA) is 29.5 Å². The van der Waals surface area contributed by atoms with Crippen LogP contribution in [0.1, 0.15) is 41.1 Å². The third-order valence-electron chi connectivity index (χ3n) is 5.33. The molecule has 1 heterocycles. The fourth-order valence-corrected chi connectivity index (χ4v) is 3.68. The molecule has 3 heteroatoms. The number of carbonyl (C=O) groups is 1. The highest BCUT2D eigenvalue weighted by atomic mass is 16.5. The van der Waals surface area contributed by atoms with Gasteiger partial charge in [-0.15, -0.1) is 0 Å². The molecule has 3 aromatic carbocycles. The molecule has 150 valence electrons. The van der Waals surface area contributed by atoms with E-state index in [0.29, 0.717) is 13.0 Å². The van der Waals surface area contributed by atoms with Crippen LogP contribution in [-0.2, 0) is 11.3 Å². The molecule has 1 aliphatic rings. The van der Waals surface area contributed by atoms with E-state index >= 15 is 0 Å². The van der Waals surface area contributed by atoms with E-state index in [-0.39, 0.29) is 11.9 Å². The van der Waals surface area contributed by atoms with E-state index in [9.17, 15) is 4.79 Å². The smallest absolute Gasteiger partial charge is 0.223 e. The zero-order valence-electron chi connectivity index (χ0n) is 17.5. The van der Waals surface area contributed by atoms with Gasteiger partial charge in [0, 0.05) is 13.0 Å². The summed E-state index contributed by atoms with van der Waals surface area (Å²) in [6.07, 6.45) is 1.54. The number of amides is 1. The predicted octanol–water partition coefficient (Wildman–Crippen LogP) is 5.86. The van der Waals surface area contributed by atoms with Crippen molar-refractivity contribution < 1.29 is 9.53 Å². The van der Waals surface area contributed by atoms with Crippen molar-refractivity contribution in [3.05, 3.63) is 101 Å². The molecular weight excluding hydrogens is 358 g/mol. The Morgan fingerprint density at radius 3 is 2.14 bits per heavy atom. The molecule has 1 fully saturated rings. The zero-order valence-corrected chi connectivity index (χ0v) is 17.5. The number of hydrogen-bond donors (Lipinski definition) is 0. The van der Waals surface area contributed by atoms with Crippen molar-refractivity contribution >= 4 is 5.91 Å². The second-order valence-corrected chi connectivity index (χ2v) is 7.44. The molecular formula is C26H29NO2. The number of likely N-dealkylation sites (tertiary alicyclic amines) is 1. The quantitative estimate of drug-likeness (QED) is 0.561. The molecule has 0 N–H and O–H groups in total. The largest absolute Gasteiger partial charge is 0.497 e. The number of nitrogens with zero attached hydrogens (tertiary/aromatic N) is 1. The minimum atomic E-state index is 0.191. The first-order valence-corrected chi connectivity index (χ1v) is 10.1. The highest BCUT2D eigenvalue weighted by Gasteiger charge is 2.32. The standard InChI is InChI=1S/C19H21NO2.C7H8/c1-14-5-3-4-6-17(14)18-11-12-19(21)20(18)13-15-7-9-16(22-2)10-8-15;1-7-5-3-2-4-6-7/h3-10,18H,11-13H2,1-2H3;2-6H,1H3. The van der Waals surface area contributed by atoms with Crippen LogP contribution < -0.4 is 4.74 Å². The van der Waals surface area contributed by atoms with Crippen molar-refractivity contribution in [1.29, 1.82) is 0 Å². The molecule has 1 unspecified atom stereocenters. The molecule has 3 aromatic rings. The number of ether oxygens (including phenoxy) is 1. The van der Waals surface area contributed by atoms with Gasteiger partial charge in [0.15, 0.2) is 0 Å². The van der Waals surface area contributed by atoms with Crippen LogP contribution in [0.4, 0.5) is 0 Å². The highest BCUT2D eigenvalue weighted by Crippen LogP contribution is 2.35. The van der Waals surface area contributed by atoms with Gasteiger partial charge in [-0.1, -0.05) is 72.3 Å². The lowest BCUT2D eigenvalue weighted by Crippen LogP contribution is -2.27. The molecule has 1 saturated heterocycles. The molecule has 0 aliphatic carbocycles. The molecule has 0 spiro atoms. The van der Waals surface area contributed by atoms with Gasteiger partial charge in [0.25, 0.3) is 0 Å². The van der Waals surface area contributed by atoms with E-state index in [2.05, 4.69) is 44.2 Å². The molecule has 4 rings (SSSR count). The van der Waals surface area contributed by atoms with E-state index in [0.717, 1.165) is 17.7 Å². The Morgan fingerprint density at radius 2 is 1.55 bits per heavy atom. The van der Waals surface area contributed by atoms with Crippen molar-refractivity contribution in [2.45, 2.75) is 39.3 Å². The summed E-state index contributed by atoms with van der Waals surface area (Å²) in [6.45, 7) is 4.85. The summed E-state index contributed by atoms with van der Waals surface area (Å²) in [7, 11) is 1.66. The van der Waals surface area contributed by atoms with Crippen LogP contribution in [0.3, 0.4) is 0 Å². The highest BCUT2D eigenvalue weighted by molar-refractivity contribution is 5.79. The summed E-state index contributed by atoms with van der Waals surface area (Å²) in [5, 5.41) is 0. The van der Waals surface area contributed by atoms with Gasteiger partial charge in [-0.25, -0.2) is 0 Å². The van der Waals surface area contributed by atoms with Gasteiger partial charge < -0.3 is 9.64 Å². The first-order valence-electron chi connectivity index (χ1n) is 10.1. The van der Waals surface area contributed by atoms with E-state index in [1.165, 1.54) is 16.7 Å². The monoisotopic (exact) mass is 387 g/mol. The normalized spacial score (nSPS) is 15.6. The number of rotatable bonds is 4. The Kier molecular flexibility index (Phi) is 7.07. The summed E-state index contributed by atoms with van der Waals surface area (Å²) in [4.78, 5) is 14.3. The zero-order chi connectivity index (χ0) is 20.6. The van der Waals surface area contributed by atoms with E-state index in [1.807, 2.05) is 53.4 Å². The molecule has 0 radical (unpaired) electrons. The fourth-order valence-electron chi connectivity index (χ4n) is 3.68. The summed E-state index contributed by atoms with van der Waals surface area (Å²) < 4.78 is 5.19. The second kappa shape index (κ2) is 9.92. The SMILES string of the molecule is COc1ccc(CN2C(=O)CCC2c2ccccc2C)cc1.Cc1ccccc1. The molecule has 0 bridgehead atoms. The minimum Gasteiger partial charge on any atom is -0.497 e. The van der Waals surface area contributed by atoms with Gasteiger partial charge >= 0.3 is 0 Å². The second-order valence-electron chi connectivity index (χ2n) is 7.44. The Labute approximate surface area is 174 Å². The van der Waals surface area contributed by atoms with Crippen LogP contribution in [0.2, 0.25) is 0 Å². The molecule has 3 nitrogen and oxygen atoms in total. The molecule has 0 aromatic heterocycles. The maximum Gasteiger partial charge on any atom is 0.223 e. The van der Waals surface area contributed by atoms with Crippen LogP contribution in [0.5, 0.6) is 5.75 Å². The third kappa shape index (κ3) is 5.47. The molecule has 0 saturated carbocycles. The minimum absolute atomic E-state index is 0.191. The van der Waals surface area contributed by atoms with Crippen LogP contribution in [0, 0.1) is 13.8 Å². The van der Waals surface area contributed by atoms with Gasteiger partial charge in [-0.05, 0) is 49.1 Å². The van der Waals surface area contributed by atoms with Crippen molar-refractivity contribution in [1.82, 2.24) is 4.90 Å². The lowest BCUT2D eigenvalue weighted by molar-refractivity contribution is -0.129. The summed E-state index contributed by atoms with van der Waals surface area (Å²) >= 11 is 0. The van der Waals surface area contributed by atoms with Gasteiger partial charge in [-0.3, -0.25) is 4.79 Å². The Hall–Kier alpha value is -3.07. The number of carbonyl (C=O) groups excluding carboxylic acids is 1. The van der Waals surface area contributed by atoms with Crippen LogP contribution in [0.25, 0.3) is 0 Å². The summed E-state index contributed by atoms with van der Waals surface area (Å²) in [5.74, 6) is 1.08. The Morgan fingerprint density at radius 1 is 0.897 bits per heavy atom. The first-order chi connectivity index (χ1) is 14.1. The lowest BCUT2D eigenvalue weighted by atomic mass is 9.99. The molecule has 29 heavy (non-hydrogen) atoms. The van der Waals surface area contributed by atoms with E-state index in [1.54, 1.807) is 7.11 Å². The Bertz CT molecular complexity index is 919. The lowest BCUT2D eigenvalue weighted by Gasteiger charge is -2.26. The van der Waals surface area contributed by atoms with Crippen molar-refractivity contribution in [3.63, 3.8) is 0 Å². The van der Waals surface area contributed by atoms with Gasteiger partial charge in [0.2, 0.25) is 5.91 Å². The maximum absolute atomic E-state index is 12.3. The van der Waals surface area contributed by atoms with Crippen LogP contribution in [0.15, 0.2) is 78.9 Å². The maximum atomic E-state index is 12.3. The fraction of sp³-hybridized carbons (Fsp3) is 0.269. The number of benzene rings is 3. The van der Waals surface area contributed by atoms with E-state index in [4.69, 9.17) is 4.74 Å². The predicted molar refractivity (Wildman–Crippen MR) is 118 cm³/mol. The van der Waals surface area contributed by atoms with Gasteiger partial charge in [0.1, 0.15) is 5.75 Å². The van der Waals surface area contributed by atoms with Gasteiger partial charge in [-0.2, -0.15) is 0 Å². The van der Waals surface area contributed by atoms with Crippen molar-refractivity contribution in [2.75, 3.05) is 7.11 Å². The van der Waals surface area contributed by atoms with E-state index < -0.39 is 0 Å². The number of aryl methyl sites for hydroxylation is 2. The average Bonchev–Trinajstić information content (AvgIpc) is 3.10. The third-order valence-corrected chi connectivity index (χ3v) is 5.33. The van der Waals surface area contributed by atoms with Crippen LogP contribution in [-0.4, -0.2) is 17.9 Å². The van der Waals surface area contributed by atoms with Crippen molar-refractivity contribution in [3.8, 4) is 5.75 Å². The first kappa shape index (κ1) is 20.7.